The third-order valence-electron chi connectivity index (χ3n) is 6.65. The molecule has 0 atom stereocenters. The van der Waals surface area contributed by atoms with Gasteiger partial charge in [-0.2, -0.15) is 0 Å². The van der Waals surface area contributed by atoms with Gasteiger partial charge in [-0.1, -0.05) is 76.1 Å². The van der Waals surface area contributed by atoms with Crippen molar-refractivity contribution in [2.75, 3.05) is 13.7 Å². The maximum atomic E-state index is 12.8. The minimum Gasteiger partial charge on any atom is -0.508 e. The number of esters is 1. The molecule has 0 spiro atoms. The molecule has 0 amide bonds. The highest BCUT2D eigenvalue weighted by Gasteiger charge is 2.25. The second-order valence-corrected chi connectivity index (χ2v) is 10.7. The molecule has 42 heavy (non-hydrogen) atoms. The van der Waals surface area contributed by atoms with Crippen molar-refractivity contribution < 1.29 is 24.1 Å². The Morgan fingerprint density at radius 1 is 0.738 bits per heavy atom. The zero-order chi connectivity index (χ0) is 31.3. The number of hydrogen-bond acceptors (Lipinski definition) is 5. The van der Waals surface area contributed by atoms with E-state index < -0.39 is 5.97 Å². The lowest BCUT2D eigenvalue weighted by Gasteiger charge is -2.27. The van der Waals surface area contributed by atoms with Crippen LogP contribution in [0.2, 0.25) is 0 Å². The van der Waals surface area contributed by atoms with Crippen LogP contribution in [0.25, 0.3) is 0 Å². The number of aryl methyl sites for hydroxylation is 3. The van der Waals surface area contributed by atoms with Gasteiger partial charge < -0.3 is 19.3 Å². The summed E-state index contributed by atoms with van der Waals surface area (Å²) < 4.78 is 16.1. The Kier molecular flexibility index (Phi) is 13.3. The smallest absolute Gasteiger partial charge is 0.343 e. The maximum Gasteiger partial charge on any atom is 0.343 e. The highest BCUT2D eigenvalue weighted by molar-refractivity contribution is 5.91. The lowest BCUT2D eigenvalue weighted by Crippen LogP contribution is -2.19. The Bertz CT molecular complexity index is 1400. The summed E-state index contributed by atoms with van der Waals surface area (Å²) in [7, 11) is 1.68. The maximum absolute atomic E-state index is 12.8. The first-order valence-electron chi connectivity index (χ1n) is 14.4. The Labute approximate surface area is 252 Å². The van der Waals surface area contributed by atoms with Crippen LogP contribution in [0.4, 0.5) is 0 Å². The van der Waals surface area contributed by atoms with E-state index in [1.807, 2.05) is 82.3 Å². The minimum atomic E-state index is -0.420. The fourth-order valence-electron chi connectivity index (χ4n) is 3.92. The number of phenols is 1. The molecular formula is C37H46O5. The van der Waals surface area contributed by atoms with Crippen molar-refractivity contribution >= 4 is 5.97 Å². The molecule has 5 heteroatoms. The Balaban J connectivity index is 0.000000797. The molecule has 0 saturated carbocycles. The normalized spacial score (nSPS) is 10.5. The monoisotopic (exact) mass is 570 g/mol. The second kappa shape index (κ2) is 16.4. The first kappa shape index (κ1) is 34.1. The second-order valence-electron chi connectivity index (χ2n) is 10.7. The molecule has 0 fully saturated rings. The van der Waals surface area contributed by atoms with E-state index in [2.05, 4.69) is 32.4 Å². The zero-order valence-electron chi connectivity index (χ0n) is 26.6. The van der Waals surface area contributed by atoms with Gasteiger partial charge in [-0.3, -0.25) is 0 Å². The van der Waals surface area contributed by atoms with Gasteiger partial charge in [0.2, 0.25) is 0 Å². The molecule has 0 saturated heterocycles. The molecule has 4 aromatic rings. The van der Waals surface area contributed by atoms with Crippen LogP contribution < -0.4 is 9.47 Å². The summed E-state index contributed by atoms with van der Waals surface area (Å²) in [6.45, 7) is 17.2. The number of methoxy groups -OCH3 is 1. The molecule has 0 bridgehead atoms. The van der Waals surface area contributed by atoms with Gasteiger partial charge in [0.05, 0.1) is 5.56 Å². The predicted octanol–water partition coefficient (Wildman–Crippen LogP) is 9.72. The summed E-state index contributed by atoms with van der Waals surface area (Å²) in [5.74, 6) is 1.79. The molecule has 4 rings (SSSR count). The molecule has 0 heterocycles. The molecule has 0 aliphatic heterocycles. The van der Waals surface area contributed by atoms with Crippen LogP contribution in [0, 0.1) is 20.8 Å². The standard InChI is InChI=1S/C31H30O4.C3H8O.C3H8/c1-20-6-12-26(13-7-20)34-27-14-8-23(9-15-27)30(33)35-29-17-11-25(19-22(29)3)31(4,5)24-10-16-28(32)21(2)18-24;1-3-4-2;1-3-2/h6-19,32H,1-5H3;3H2,1-2H3;3H2,1-2H3. The largest absolute Gasteiger partial charge is 0.508 e. The van der Waals surface area contributed by atoms with Crippen molar-refractivity contribution in [1.29, 1.82) is 0 Å². The van der Waals surface area contributed by atoms with Crippen molar-refractivity contribution in [2.45, 2.75) is 67.2 Å². The van der Waals surface area contributed by atoms with Crippen molar-refractivity contribution in [2.24, 2.45) is 0 Å². The summed E-state index contributed by atoms with van der Waals surface area (Å²) in [5, 5.41) is 9.87. The van der Waals surface area contributed by atoms with E-state index in [0.717, 1.165) is 40.2 Å². The van der Waals surface area contributed by atoms with Crippen molar-refractivity contribution in [3.8, 4) is 23.0 Å². The van der Waals surface area contributed by atoms with Crippen molar-refractivity contribution in [3.05, 3.63) is 118 Å². The molecule has 0 aliphatic rings. The third kappa shape index (κ3) is 9.78. The molecular weight excluding hydrogens is 524 g/mol. The SMILES string of the molecule is CCC.CCOC.Cc1ccc(Oc2ccc(C(=O)Oc3ccc(C(C)(C)c4ccc(O)c(C)c4)cc3C)cc2)cc1. The molecule has 1 N–H and O–H groups in total. The van der Waals surface area contributed by atoms with Crippen LogP contribution >= 0.6 is 0 Å². The lowest BCUT2D eigenvalue weighted by atomic mass is 9.77. The number of hydrogen-bond donors (Lipinski definition) is 1. The van der Waals surface area contributed by atoms with E-state index in [1.54, 1.807) is 37.4 Å². The Morgan fingerprint density at radius 2 is 1.21 bits per heavy atom. The molecule has 0 unspecified atom stereocenters. The van der Waals surface area contributed by atoms with E-state index in [-0.39, 0.29) is 11.2 Å². The van der Waals surface area contributed by atoms with E-state index in [9.17, 15) is 9.90 Å². The van der Waals surface area contributed by atoms with E-state index in [1.165, 1.54) is 6.42 Å². The van der Waals surface area contributed by atoms with E-state index in [4.69, 9.17) is 9.47 Å². The summed E-state index contributed by atoms with van der Waals surface area (Å²) in [4.78, 5) is 12.8. The van der Waals surface area contributed by atoms with Gasteiger partial charge >= 0.3 is 5.97 Å². The first-order valence-corrected chi connectivity index (χ1v) is 14.4. The zero-order valence-corrected chi connectivity index (χ0v) is 26.6. The lowest BCUT2D eigenvalue weighted by molar-refractivity contribution is 0.0733. The van der Waals surface area contributed by atoms with Crippen LogP contribution in [-0.2, 0) is 10.2 Å². The van der Waals surface area contributed by atoms with Crippen molar-refractivity contribution in [1.82, 2.24) is 0 Å². The molecule has 224 valence electrons. The van der Waals surface area contributed by atoms with Crippen molar-refractivity contribution in [3.63, 3.8) is 0 Å². The highest BCUT2D eigenvalue weighted by Crippen LogP contribution is 2.36. The predicted molar refractivity (Wildman–Crippen MR) is 172 cm³/mol. The third-order valence-corrected chi connectivity index (χ3v) is 6.65. The Morgan fingerprint density at radius 3 is 1.69 bits per heavy atom. The molecule has 0 aromatic heterocycles. The average Bonchev–Trinajstić information content (AvgIpc) is 2.97. The molecule has 0 radical (unpaired) electrons. The number of ether oxygens (including phenoxy) is 3. The number of aromatic hydroxyl groups is 1. The van der Waals surface area contributed by atoms with Gasteiger partial charge in [0.15, 0.2) is 0 Å². The molecule has 0 aliphatic carbocycles. The van der Waals surface area contributed by atoms with E-state index in [0.29, 0.717) is 17.1 Å². The number of carbonyl (C=O) groups excluding carboxylic acids is 1. The number of rotatable bonds is 7. The van der Waals surface area contributed by atoms with Crippen LogP contribution in [0.3, 0.4) is 0 Å². The van der Waals surface area contributed by atoms with Gasteiger partial charge in [0.25, 0.3) is 0 Å². The van der Waals surface area contributed by atoms with Gasteiger partial charge in [-0.25, -0.2) is 4.79 Å². The topological polar surface area (TPSA) is 65.0 Å². The van der Waals surface area contributed by atoms with Gasteiger partial charge in [-0.05, 0) is 98.5 Å². The van der Waals surface area contributed by atoms with Crippen LogP contribution in [0.1, 0.15) is 79.2 Å². The Hall–Kier alpha value is -4.09. The number of carbonyl (C=O) groups is 1. The fourth-order valence-corrected chi connectivity index (χ4v) is 3.92. The quantitative estimate of drug-likeness (QED) is 0.177. The van der Waals surface area contributed by atoms with Gasteiger partial charge in [0.1, 0.15) is 23.0 Å². The fraction of sp³-hybridized carbons (Fsp3) is 0.324. The average molecular weight is 571 g/mol. The molecule has 4 aromatic carbocycles. The van der Waals surface area contributed by atoms with Gasteiger partial charge in [0, 0.05) is 19.1 Å². The summed E-state index contributed by atoms with van der Waals surface area (Å²) in [5.41, 5.74) is 5.25. The summed E-state index contributed by atoms with van der Waals surface area (Å²) in [6, 6.07) is 26.3. The summed E-state index contributed by atoms with van der Waals surface area (Å²) >= 11 is 0. The van der Waals surface area contributed by atoms with Crippen LogP contribution in [0.5, 0.6) is 23.0 Å². The first-order chi connectivity index (χ1) is 20.0. The minimum absolute atomic E-state index is 0.279. The van der Waals surface area contributed by atoms with Gasteiger partial charge in [-0.15, -0.1) is 0 Å². The van der Waals surface area contributed by atoms with Crippen LogP contribution in [0.15, 0.2) is 84.9 Å². The van der Waals surface area contributed by atoms with E-state index >= 15 is 0 Å². The summed E-state index contributed by atoms with van der Waals surface area (Å²) in [6.07, 6.45) is 1.25. The molecule has 5 nitrogen and oxygen atoms in total. The number of benzene rings is 4. The number of phenolic OH excluding ortho intramolecular Hbond substituents is 1. The highest BCUT2D eigenvalue weighted by atomic mass is 16.5. The van der Waals surface area contributed by atoms with Crippen LogP contribution in [-0.4, -0.2) is 24.8 Å².